The Hall–Kier alpha value is -3.99. The molecule has 8 atom stereocenters. The van der Waals surface area contributed by atoms with Gasteiger partial charge >= 0.3 is 11.9 Å². The lowest BCUT2D eigenvalue weighted by Crippen LogP contribution is -2.61. The van der Waals surface area contributed by atoms with Crippen LogP contribution in [0.25, 0.3) is 0 Å². The van der Waals surface area contributed by atoms with Gasteiger partial charge in [-0.3, -0.25) is 38.4 Å². The van der Waals surface area contributed by atoms with Crippen LogP contribution in [0, 0.1) is 5.92 Å². The van der Waals surface area contributed by atoms with Gasteiger partial charge in [-0.25, -0.2) is 4.79 Å². The Balaban J connectivity index is 2.53. The predicted molar refractivity (Wildman–Crippen MR) is 209 cm³/mol. The van der Waals surface area contributed by atoms with Crippen LogP contribution in [0.5, 0.6) is 0 Å². The molecule has 0 aromatic rings. The fourth-order valence-corrected chi connectivity index (χ4v) is 8.04. The highest BCUT2D eigenvalue weighted by molar-refractivity contribution is 8.76. The van der Waals surface area contributed by atoms with E-state index in [4.69, 9.17) is 16.2 Å². The standard InChI is InChI=1S/C35H58N8O12S2/c1-4-5-6-7-8-9-10-20-30(49)42-24-16-56-57-17-25(43-34(24)53)35(54)55-27(46)12-11-19(36)29(48)39-21(13-18(2)3)31(50)41-23(15-44)33(52)40-22(32(51)38-20)14-26(45)28(37)47/h18-26,44-45H,4-17,36H2,1-3H3,(H2,37,47)(H,38,51)(H,39,48)(H,40,52)(H,41,50)(H,42,49)(H,43,53)/t19-,20-,21-,22-,23-,24-,25-,26+/m0/s1. The number of amides is 7. The van der Waals surface area contributed by atoms with Gasteiger partial charge in [-0.15, -0.1) is 0 Å². The summed E-state index contributed by atoms with van der Waals surface area (Å²) >= 11 is 0. The van der Waals surface area contributed by atoms with E-state index in [9.17, 15) is 53.4 Å². The van der Waals surface area contributed by atoms with Gasteiger partial charge in [0.2, 0.25) is 41.4 Å². The summed E-state index contributed by atoms with van der Waals surface area (Å²) in [5, 5.41) is 35.1. The van der Waals surface area contributed by atoms with Gasteiger partial charge in [-0.2, -0.15) is 0 Å². The van der Waals surface area contributed by atoms with E-state index in [0.29, 0.717) is 12.8 Å². The molecule has 0 saturated carbocycles. The van der Waals surface area contributed by atoms with Gasteiger partial charge in [0.15, 0.2) is 0 Å². The van der Waals surface area contributed by atoms with E-state index in [1.165, 1.54) is 21.6 Å². The first-order chi connectivity index (χ1) is 27.0. The Labute approximate surface area is 339 Å². The molecule has 2 aliphatic rings. The number of unbranched alkanes of at least 4 members (excludes halogenated alkanes) is 5. The summed E-state index contributed by atoms with van der Waals surface area (Å²) in [5.41, 5.74) is 11.2. The number of rotatable bonds is 13. The van der Waals surface area contributed by atoms with E-state index in [1.807, 2.05) is 0 Å². The van der Waals surface area contributed by atoms with E-state index >= 15 is 0 Å². The van der Waals surface area contributed by atoms with Gasteiger partial charge in [0.05, 0.1) is 12.6 Å². The maximum Gasteiger partial charge on any atom is 0.337 e. The Morgan fingerprint density at radius 2 is 1.23 bits per heavy atom. The van der Waals surface area contributed by atoms with Crippen LogP contribution in [0.1, 0.15) is 91.4 Å². The molecule has 0 aromatic heterocycles. The van der Waals surface area contributed by atoms with E-state index in [1.54, 1.807) is 13.8 Å². The number of primary amides is 1. The number of aliphatic hydroxyl groups is 2. The molecule has 0 radical (unpaired) electrons. The van der Waals surface area contributed by atoms with Crippen molar-refractivity contribution in [2.45, 2.75) is 140 Å². The van der Waals surface area contributed by atoms with Gasteiger partial charge in [-0.1, -0.05) is 80.9 Å². The highest BCUT2D eigenvalue weighted by atomic mass is 33.1. The number of esters is 2. The van der Waals surface area contributed by atoms with Gasteiger partial charge in [-0.05, 0) is 25.2 Å². The predicted octanol–water partition coefficient (Wildman–Crippen LogP) is -2.49. The molecule has 20 nitrogen and oxygen atoms in total. The molecule has 2 fully saturated rings. The van der Waals surface area contributed by atoms with E-state index < -0.39 is 121 Å². The smallest absolute Gasteiger partial charge is 0.337 e. The maximum absolute atomic E-state index is 13.8. The molecule has 2 heterocycles. The fourth-order valence-electron chi connectivity index (χ4n) is 5.73. The molecule has 22 heteroatoms. The quantitative estimate of drug-likeness (QED) is 0.0397. The molecule has 0 aromatic carbocycles. The number of nitrogens with one attached hydrogen (secondary N) is 6. The van der Waals surface area contributed by atoms with Crippen molar-refractivity contribution < 1.29 is 58.1 Å². The lowest BCUT2D eigenvalue weighted by Gasteiger charge is -2.28. The van der Waals surface area contributed by atoms with Crippen LogP contribution in [-0.2, 0) is 47.9 Å². The molecule has 0 spiro atoms. The summed E-state index contributed by atoms with van der Waals surface area (Å²) in [7, 11) is 2.34. The zero-order valence-electron chi connectivity index (χ0n) is 32.5. The number of cyclic esters (lactones) is 2. The summed E-state index contributed by atoms with van der Waals surface area (Å²) in [6.45, 7) is 4.56. The zero-order chi connectivity index (χ0) is 42.7. The number of fused-ring (bicyclic) bond motifs is 3. The van der Waals surface area contributed by atoms with Gasteiger partial charge in [0.1, 0.15) is 42.4 Å². The van der Waals surface area contributed by atoms with Crippen LogP contribution in [-0.4, -0.2) is 130 Å². The van der Waals surface area contributed by atoms with Crippen molar-refractivity contribution in [3.63, 3.8) is 0 Å². The lowest BCUT2D eigenvalue weighted by molar-refractivity contribution is -0.161. The highest BCUT2D eigenvalue weighted by Gasteiger charge is 2.36. The largest absolute Gasteiger partial charge is 0.394 e. The molecule has 2 saturated heterocycles. The van der Waals surface area contributed by atoms with E-state index in [-0.39, 0.29) is 36.7 Å². The van der Waals surface area contributed by atoms with Crippen LogP contribution in [0.2, 0.25) is 0 Å². The average Bonchev–Trinajstić information content (AvgIpc) is 3.14. The van der Waals surface area contributed by atoms with Crippen LogP contribution >= 0.6 is 21.6 Å². The van der Waals surface area contributed by atoms with E-state index in [2.05, 4.69) is 38.8 Å². The van der Waals surface area contributed by atoms with Crippen molar-refractivity contribution >= 4 is 74.9 Å². The second-order valence-electron chi connectivity index (χ2n) is 14.4. The number of hydrogen-bond donors (Lipinski definition) is 10. The molecule has 2 bridgehead atoms. The topological polar surface area (TPSA) is 328 Å². The number of nitrogens with two attached hydrogens (primary N) is 2. The average molecular weight is 847 g/mol. The summed E-state index contributed by atoms with van der Waals surface area (Å²) < 4.78 is 4.94. The Kier molecular flexibility index (Phi) is 21.9. The molecular weight excluding hydrogens is 789 g/mol. The minimum atomic E-state index is -1.95. The Morgan fingerprint density at radius 1 is 0.719 bits per heavy atom. The normalized spacial score (nSPS) is 27.3. The fraction of sp³-hybridized carbons (Fsp3) is 0.743. The molecule has 12 N–H and O–H groups in total. The lowest BCUT2D eigenvalue weighted by atomic mass is 10.0. The molecule has 2 rings (SSSR count). The molecule has 7 amide bonds. The van der Waals surface area contributed by atoms with Crippen molar-refractivity contribution in [2.75, 3.05) is 18.1 Å². The molecule has 0 aliphatic carbocycles. The third-order valence-electron chi connectivity index (χ3n) is 9.05. The minimum Gasteiger partial charge on any atom is -0.394 e. The number of carbonyl (C=O) groups excluding carboxylic acids is 9. The summed E-state index contributed by atoms with van der Waals surface area (Å²) in [5.74, 6) is -8.92. The monoisotopic (exact) mass is 846 g/mol. The van der Waals surface area contributed by atoms with Crippen molar-refractivity contribution in [3.05, 3.63) is 0 Å². The van der Waals surface area contributed by atoms with Crippen LogP contribution in [0.3, 0.4) is 0 Å². The molecular formula is C35H58N8O12S2. The number of hydrogen-bond acceptors (Lipinski definition) is 15. The summed E-state index contributed by atoms with van der Waals surface area (Å²) in [4.78, 5) is 118. The molecule has 322 valence electrons. The molecule has 0 unspecified atom stereocenters. The third kappa shape index (κ3) is 17.6. The first kappa shape index (κ1) is 49.2. The van der Waals surface area contributed by atoms with Gasteiger partial charge < -0.3 is 58.3 Å². The number of aliphatic hydroxyl groups excluding tert-OH is 2. The van der Waals surface area contributed by atoms with Crippen LogP contribution in [0.15, 0.2) is 0 Å². The third-order valence-corrected chi connectivity index (χ3v) is 11.5. The zero-order valence-corrected chi connectivity index (χ0v) is 34.2. The SMILES string of the molecule is CCCCCCCC[C@@H]1NC(=O)[C@H](C[C@@H](O)C(N)=O)NC(=O)[C@H](CO)NC(=O)[C@H](CC(C)C)NC(=O)[C@@H](N)CCC(=O)OC(=O)[C@@H]2CSSC[C@H](NC1=O)C(=O)N2. The Bertz CT molecular complexity index is 1440. The number of ether oxygens (including phenoxy) is 1. The minimum absolute atomic E-state index is 0.0164. The van der Waals surface area contributed by atoms with Crippen LogP contribution < -0.4 is 43.4 Å². The Morgan fingerprint density at radius 3 is 1.84 bits per heavy atom. The first-order valence-electron chi connectivity index (χ1n) is 19.1. The van der Waals surface area contributed by atoms with Crippen molar-refractivity contribution in [3.8, 4) is 0 Å². The van der Waals surface area contributed by atoms with Crippen molar-refractivity contribution in [2.24, 2.45) is 17.4 Å². The van der Waals surface area contributed by atoms with Crippen LogP contribution in [0.4, 0.5) is 0 Å². The van der Waals surface area contributed by atoms with Gasteiger partial charge in [0, 0.05) is 24.3 Å². The molecule has 57 heavy (non-hydrogen) atoms. The van der Waals surface area contributed by atoms with E-state index in [0.717, 1.165) is 25.7 Å². The second-order valence-corrected chi connectivity index (χ2v) is 16.9. The second kappa shape index (κ2) is 25.4. The molecule has 2 aliphatic heterocycles. The maximum atomic E-state index is 13.8. The summed E-state index contributed by atoms with van der Waals surface area (Å²) in [6, 6.07) is -9.89. The summed E-state index contributed by atoms with van der Waals surface area (Å²) in [6.07, 6.45) is 1.62. The highest BCUT2D eigenvalue weighted by Crippen LogP contribution is 2.25. The first-order valence-corrected chi connectivity index (χ1v) is 21.6. The van der Waals surface area contributed by atoms with Crippen molar-refractivity contribution in [1.82, 2.24) is 31.9 Å². The van der Waals surface area contributed by atoms with Crippen molar-refractivity contribution in [1.29, 1.82) is 0 Å². The number of carbonyl (C=O) groups is 9. The van der Waals surface area contributed by atoms with Gasteiger partial charge in [0.25, 0.3) is 0 Å².